The number of hydrogen-bond donors (Lipinski definition) is 2. The van der Waals surface area contributed by atoms with Crippen molar-refractivity contribution in [3.05, 3.63) is 46.5 Å². The maximum Gasteiger partial charge on any atom is 0.241 e. The number of aromatic nitrogens is 3. The van der Waals surface area contributed by atoms with Gasteiger partial charge in [-0.2, -0.15) is 5.10 Å². The highest BCUT2D eigenvalue weighted by molar-refractivity contribution is 7.91. The van der Waals surface area contributed by atoms with Crippen molar-refractivity contribution in [2.75, 3.05) is 31.1 Å². The first-order valence-electron chi connectivity index (χ1n) is 9.32. The molecule has 152 valence electrons. The highest BCUT2D eigenvalue weighted by Gasteiger charge is 2.32. The third-order valence-corrected chi connectivity index (χ3v) is 6.83. The van der Waals surface area contributed by atoms with Gasteiger partial charge in [-0.3, -0.25) is 14.8 Å². The van der Waals surface area contributed by atoms with E-state index in [4.69, 9.17) is 12.2 Å². The second kappa shape index (κ2) is 8.97. The van der Waals surface area contributed by atoms with Crippen LogP contribution in [0, 0.1) is 4.77 Å². The normalized spacial score (nSPS) is 17.9. The molecule has 1 atom stereocenters. The Bertz CT molecular complexity index is 955. The lowest BCUT2D eigenvalue weighted by atomic mass is 10.0. The average Bonchev–Trinajstić information content (AvgIpc) is 3.04. The fraction of sp³-hybridized carbons (Fsp3) is 0.500. The molecule has 10 heteroatoms. The Morgan fingerprint density at radius 1 is 1.29 bits per heavy atom. The smallest absolute Gasteiger partial charge is 0.241 e. The molecule has 28 heavy (non-hydrogen) atoms. The Kier molecular flexibility index (Phi) is 6.63. The summed E-state index contributed by atoms with van der Waals surface area (Å²) >= 11 is 5.19. The summed E-state index contributed by atoms with van der Waals surface area (Å²) < 4.78 is 26.0. The second-order valence-electron chi connectivity index (χ2n) is 6.73. The number of hydrogen-bond acceptors (Lipinski definition) is 6. The summed E-state index contributed by atoms with van der Waals surface area (Å²) in [5.74, 6) is 0.820. The minimum atomic E-state index is -3.01. The van der Waals surface area contributed by atoms with E-state index in [1.54, 1.807) is 0 Å². The number of nitrogens with zero attached hydrogens (tertiary/aromatic N) is 3. The zero-order chi connectivity index (χ0) is 20.1. The minimum absolute atomic E-state index is 0.0784. The zero-order valence-electron chi connectivity index (χ0n) is 15.8. The monoisotopic (exact) mass is 423 g/mol. The van der Waals surface area contributed by atoms with Crippen molar-refractivity contribution in [2.24, 2.45) is 0 Å². The summed E-state index contributed by atoms with van der Waals surface area (Å²) in [6.45, 7) is 3.83. The molecule has 1 saturated heterocycles. The SMILES string of the molecule is CCn1c(CCNC(=O)C(c2ccccc2)N2CCS(=O)(=O)CC2)n[nH]c1=S. The van der Waals surface area contributed by atoms with Crippen molar-refractivity contribution in [2.45, 2.75) is 25.9 Å². The second-order valence-corrected chi connectivity index (χ2v) is 9.42. The number of carbonyl (C=O) groups excluding carboxylic acids is 1. The molecule has 0 radical (unpaired) electrons. The van der Waals surface area contributed by atoms with Crippen molar-refractivity contribution in [3.63, 3.8) is 0 Å². The van der Waals surface area contributed by atoms with Crippen LogP contribution in [0.2, 0.25) is 0 Å². The first kappa shape index (κ1) is 20.7. The highest BCUT2D eigenvalue weighted by atomic mass is 32.2. The van der Waals surface area contributed by atoms with Crippen LogP contribution in [0.25, 0.3) is 0 Å². The van der Waals surface area contributed by atoms with E-state index in [1.807, 2.05) is 46.7 Å². The van der Waals surface area contributed by atoms with Crippen molar-refractivity contribution in [3.8, 4) is 0 Å². The number of rotatable bonds is 7. The van der Waals surface area contributed by atoms with Crippen LogP contribution in [-0.4, -0.2) is 65.1 Å². The first-order chi connectivity index (χ1) is 13.4. The summed E-state index contributed by atoms with van der Waals surface area (Å²) in [5, 5.41) is 9.96. The lowest BCUT2D eigenvalue weighted by molar-refractivity contribution is -0.126. The van der Waals surface area contributed by atoms with Crippen LogP contribution >= 0.6 is 12.2 Å². The van der Waals surface area contributed by atoms with Crippen LogP contribution in [0.3, 0.4) is 0 Å². The van der Waals surface area contributed by atoms with Crippen molar-refractivity contribution in [1.29, 1.82) is 0 Å². The Balaban J connectivity index is 1.69. The predicted octanol–water partition coefficient (Wildman–Crippen LogP) is 1.09. The third kappa shape index (κ3) is 4.86. The molecule has 2 aromatic rings. The van der Waals surface area contributed by atoms with E-state index in [0.29, 0.717) is 37.4 Å². The van der Waals surface area contributed by atoms with E-state index in [0.717, 1.165) is 11.4 Å². The molecule has 1 unspecified atom stereocenters. The molecule has 3 rings (SSSR count). The summed E-state index contributed by atoms with van der Waals surface area (Å²) in [7, 11) is -3.01. The van der Waals surface area contributed by atoms with Gasteiger partial charge >= 0.3 is 0 Å². The predicted molar refractivity (Wildman–Crippen MR) is 109 cm³/mol. The Labute approximate surface area is 169 Å². The molecule has 1 aromatic carbocycles. The lowest BCUT2D eigenvalue weighted by Crippen LogP contribution is -2.47. The quantitative estimate of drug-likeness (QED) is 0.647. The van der Waals surface area contributed by atoms with Gasteiger partial charge < -0.3 is 9.88 Å². The molecule has 1 aromatic heterocycles. The van der Waals surface area contributed by atoms with Gasteiger partial charge in [0.1, 0.15) is 11.9 Å². The summed E-state index contributed by atoms with van der Waals surface area (Å²) in [5.41, 5.74) is 0.857. The van der Waals surface area contributed by atoms with E-state index in [2.05, 4.69) is 15.5 Å². The number of amides is 1. The van der Waals surface area contributed by atoms with Gasteiger partial charge in [0.25, 0.3) is 0 Å². The standard InChI is InChI=1S/C18H25N5O3S2/c1-2-23-15(20-21-18(23)27)8-9-19-17(24)16(14-6-4-3-5-7-14)22-10-12-28(25,26)13-11-22/h3-7,16H,2,8-13H2,1H3,(H,19,24)(H,21,27). The van der Waals surface area contributed by atoms with Crippen LogP contribution in [0.1, 0.15) is 24.4 Å². The Morgan fingerprint density at radius 3 is 2.61 bits per heavy atom. The van der Waals surface area contributed by atoms with Gasteiger partial charge in [-0.25, -0.2) is 8.42 Å². The zero-order valence-corrected chi connectivity index (χ0v) is 17.4. The molecule has 0 spiro atoms. The van der Waals surface area contributed by atoms with Crippen LogP contribution in [0.4, 0.5) is 0 Å². The van der Waals surface area contributed by atoms with Gasteiger partial charge in [-0.1, -0.05) is 30.3 Å². The van der Waals surface area contributed by atoms with Gasteiger partial charge in [0.15, 0.2) is 14.6 Å². The largest absolute Gasteiger partial charge is 0.354 e. The summed E-state index contributed by atoms with van der Waals surface area (Å²) in [6.07, 6.45) is 0.558. The molecule has 2 N–H and O–H groups in total. The Morgan fingerprint density at radius 2 is 1.96 bits per heavy atom. The van der Waals surface area contributed by atoms with E-state index in [9.17, 15) is 13.2 Å². The van der Waals surface area contributed by atoms with E-state index in [1.165, 1.54) is 0 Å². The van der Waals surface area contributed by atoms with E-state index < -0.39 is 15.9 Å². The number of nitrogens with one attached hydrogen (secondary N) is 2. The molecule has 1 fully saturated rings. The highest BCUT2D eigenvalue weighted by Crippen LogP contribution is 2.23. The summed E-state index contributed by atoms with van der Waals surface area (Å²) in [4.78, 5) is 14.9. The number of carbonyl (C=O) groups is 1. The molecule has 0 aliphatic carbocycles. The number of H-pyrrole nitrogens is 1. The third-order valence-electron chi connectivity index (χ3n) is 4.91. The fourth-order valence-corrected chi connectivity index (χ4v) is 4.92. The van der Waals surface area contributed by atoms with Gasteiger partial charge in [-0.15, -0.1) is 0 Å². The minimum Gasteiger partial charge on any atom is -0.354 e. The van der Waals surface area contributed by atoms with Gasteiger partial charge in [0, 0.05) is 32.6 Å². The average molecular weight is 424 g/mol. The lowest BCUT2D eigenvalue weighted by Gasteiger charge is -2.33. The van der Waals surface area contributed by atoms with Crippen LogP contribution in [0.5, 0.6) is 0 Å². The first-order valence-corrected chi connectivity index (χ1v) is 11.6. The molecule has 0 saturated carbocycles. The van der Waals surface area contributed by atoms with Crippen LogP contribution in [-0.2, 0) is 27.6 Å². The molecule has 1 amide bonds. The molecule has 2 heterocycles. The molecule has 1 aliphatic heterocycles. The molecule has 0 bridgehead atoms. The molecule has 1 aliphatic rings. The van der Waals surface area contributed by atoms with Crippen LogP contribution in [0.15, 0.2) is 30.3 Å². The Hall–Kier alpha value is -2.04. The molecule has 8 nitrogen and oxygen atoms in total. The van der Waals surface area contributed by atoms with Gasteiger partial charge in [-0.05, 0) is 24.7 Å². The number of sulfone groups is 1. The van der Waals surface area contributed by atoms with Gasteiger partial charge in [0.2, 0.25) is 5.91 Å². The topological polar surface area (TPSA) is 100 Å². The molecular weight excluding hydrogens is 398 g/mol. The number of aromatic amines is 1. The van der Waals surface area contributed by atoms with Crippen LogP contribution < -0.4 is 5.32 Å². The van der Waals surface area contributed by atoms with E-state index >= 15 is 0 Å². The van der Waals surface area contributed by atoms with Crippen molar-refractivity contribution in [1.82, 2.24) is 25.0 Å². The van der Waals surface area contributed by atoms with E-state index in [-0.39, 0.29) is 17.4 Å². The van der Waals surface area contributed by atoms with Crippen molar-refractivity contribution >= 4 is 28.0 Å². The number of benzene rings is 1. The summed E-state index contributed by atoms with van der Waals surface area (Å²) in [6, 6.07) is 8.95. The maximum atomic E-state index is 13.0. The maximum absolute atomic E-state index is 13.0. The van der Waals surface area contributed by atoms with Crippen molar-refractivity contribution < 1.29 is 13.2 Å². The fourth-order valence-electron chi connectivity index (χ4n) is 3.41. The molecular formula is C18H25N5O3S2. The van der Waals surface area contributed by atoms with Gasteiger partial charge in [0.05, 0.1) is 11.5 Å².